The first-order chi connectivity index (χ1) is 17.4. The normalized spacial score (nSPS) is 8.59. The number of aryl methyl sites for hydroxylation is 2. The summed E-state index contributed by atoms with van der Waals surface area (Å²) in [7, 11) is 3.23. The number of allylic oxidation sites excluding steroid dienone is 1. The van der Waals surface area contributed by atoms with Gasteiger partial charge in [-0.15, -0.1) is 6.58 Å². The van der Waals surface area contributed by atoms with E-state index < -0.39 is 0 Å². The van der Waals surface area contributed by atoms with Crippen molar-refractivity contribution < 1.29 is 10.2 Å². The molecular formula is C18H27Cl6N11O2. The highest BCUT2D eigenvalue weighted by molar-refractivity contribution is 6.33. The van der Waals surface area contributed by atoms with E-state index in [0.717, 1.165) is 0 Å². The number of aliphatic hydroxyl groups excluding tert-OH is 2. The number of halogens is 6. The number of hydrogen-bond donors (Lipinski definition) is 4. The van der Waals surface area contributed by atoms with E-state index in [4.69, 9.17) is 79.8 Å². The second-order valence-electron chi connectivity index (χ2n) is 5.14. The first kappa shape index (κ1) is 39.7. The van der Waals surface area contributed by atoms with Gasteiger partial charge in [0.2, 0.25) is 37.6 Å². The van der Waals surface area contributed by atoms with Crippen LogP contribution in [-0.2, 0) is 0 Å². The van der Waals surface area contributed by atoms with E-state index in [1.54, 1.807) is 27.0 Å². The summed E-state index contributed by atoms with van der Waals surface area (Å²) < 4.78 is 0. The molecule has 0 amide bonds. The van der Waals surface area contributed by atoms with E-state index in [2.05, 4.69) is 62.5 Å². The van der Waals surface area contributed by atoms with Crippen LogP contribution in [0.25, 0.3) is 0 Å². The maximum atomic E-state index is 7.62. The van der Waals surface area contributed by atoms with Gasteiger partial charge in [0.1, 0.15) is 11.6 Å². The molecule has 0 aromatic carbocycles. The van der Waals surface area contributed by atoms with Crippen LogP contribution in [-0.4, -0.2) is 82.4 Å². The van der Waals surface area contributed by atoms with Crippen LogP contribution in [0.3, 0.4) is 0 Å². The van der Waals surface area contributed by atoms with Crippen molar-refractivity contribution in [1.29, 1.82) is 0 Å². The number of nitrogens with two attached hydrogens (primary N) is 1. The van der Waals surface area contributed by atoms with Crippen LogP contribution in [0.2, 0.25) is 31.7 Å². The van der Waals surface area contributed by atoms with Crippen LogP contribution in [0, 0.1) is 13.8 Å². The summed E-state index contributed by atoms with van der Waals surface area (Å²) in [6, 6.07) is 0. The molecule has 0 aliphatic heterocycles. The maximum absolute atomic E-state index is 7.62. The lowest BCUT2D eigenvalue weighted by Crippen LogP contribution is -1.99. The Bertz CT molecular complexity index is 849. The fraction of sp³-hybridized carbons (Fsp3) is 0.389. The van der Waals surface area contributed by atoms with Crippen molar-refractivity contribution in [2.24, 2.45) is 5.73 Å². The van der Waals surface area contributed by atoms with Crippen LogP contribution in [0.1, 0.15) is 18.6 Å². The zero-order valence-corrected chi connectivity index (χ0v) is 25.0. The molecule has 3 aromatic rings. The smallest absolute Gasteiger partial charge is 0.227 e. The lowest BCUT2D eigenvalue weighted by Gasteiger charge is -1.97. The predicted octanol–water partition coefficient (Wildman–Crippen LogP) is 3.93. The number of aromatic nitrogens is 9. The Morgan fingerprint density at radius 3 is 1.11 bits per heavy atom. The Balaban J connectivity index is -0.000000405. The van der Waals surface area contributed by atoms with E-state index in [0.29, 0.717) is 17.6 Å². The van der Waals surface area contributed by atoms with Crippen molar-refractivity contribution in [2.75, 3.05) is 32.6 Å². The Kier molecular flexibility index (Phi) is 27.7. The zero-order chi connectivity index (χ0) is 29.4. The summed E-state index contributed by atoms with van der Waals surface area (Å²) in [5, 5.41) is 18.5. The summed E-state index contributed by atoms with van der Waals surface area (Å²) in [6.07, 6.45) is 1.75. The largest absolute Gasteiger partial charge is 0.394 e. The molecular weight excluding hydrogens is 615 g/mol. The molecule has 0 unspecified atom stereocenters. The zero-order valence-electron chi connectivity index (χ0n) is 20.5. The first-order valence-electron chi connectivity index (χ1n) is 9.60. The van der Waals surface area contributed by atoms with Gasteiger partial charge in [-0.2, -0.15) is 29.9 Å². The molecule has 0 spiro atoms. The van der Waals surface area contributed by atoms with Gasteiger partial charge in [0.05, 0.1) is 13.2 Å². The molecule has 5 N–H and O–H groups in total. The molecule has 0 atom stereocenters. The number of aliphatic hydroxyl groups is 2. The highest BCUT2D eigenvalue weighted by Gasteiger charge is 1.98. The van der Waals surface area contributed by atoms with Gasteiger partial charge >= 0.3 is 0 Å². The molecule has 0 saturated carbocycles. The van der Waals surface area contributed by atoms with Crippen molar-refractivity contribution in [3.63, 3.8) is 0 Å². The van der Waals surface area contributed by atoms with Gasteiger partial charge < -0.3 is 21.3 Å². The summed E-state index contributed by atoms with van der Waals surface area (Å²) in [6.45, 7) is 8.45. The molecule has 0 aliphatic rings. The number of nitrogens with one attached hydrogen (secondary N) is 1. The van der Waals surface area contributed by atoms with E-state index >= 15 is 0 Å². The average Bonchev–Trinajstić information content (AvgIpc) is 2.79. The third-order valence-electron chi connectivity index (χ3n) is 2.29. The fourth-order valence-corrected chi connectivity index (χ4v) is 2.54. The molecule has 3 heterocycles. The standard InChI is InChI=1S/C5H7ClN4.C4H3Cl2N3.C3Cl3N3.C3H6.C2H6O2.CH5N/c1-3-8-4(6)10-5(7-2)9-3;1-2-7-3(5)9-4(6)8-2;4-1-7-2(5)9-3(6)8-1;1-3-2;3-1-2-4;1-2/h1-2H3,(H,7,8,9,10);1H3;;3H,1H2,2H3;3-4H,1-2H2;2H2,1H3. The van der Waals surface area contributed by atoms with Crippen molar-refractivity contribution in [1.82, 2.24) is 44.9 Å². The van der Waals surface area contributed by atoms with Gasteiger partial charge in [-0.25, -0.2) is 15.0 Å². The highest BCUT2D eigenvalue weighted by Crippen LogP contribution is 2.09. The maximum Gasteiger partial charge on any atom is 0.227 e. The van der Waals surface area contributed by atoms with Crippen LogP contribution in [0.5, 0.6) is 0 Å². The van der Waals surface area contributed by atoms with Crippen LogP contribution < -0.4 is 11.1 Å². The number of nitrogens with zero attached hydrogens (tertiary/aromatic N) is 9. The molecule has 0 fully saturated rings. The minimum Gasteiger partial charge on any atom is -0.394 e. The Labute approximate surface area is 244 Å². The Morgan fingerprint density at radius 2 is 0.892 bits per heavy atom. The minimum absolute atomic E-state index is 0.000000000000000444. The number of hydrogen-bond acceptors (Lipinski definition) is 13. The summed E-state index contributed by atoms with van der Waals surface area (Å²) in [5.74, 6) is 1.64. The number of rotatable bonds is 2. The molecule has 0 bridgehead atoms. The molecule has 19 heteroatoms. The minimum atomic E-state index is -0.125. The second-order valence-corrected chi connectivity index (χ2v) is 7.17. The third-order valence-corrected chi connectivity index (χ3v) is 3.30. The van der Waals surface area contributed by atoms with Crippen molar-refractivity contribution in [3.8, 4) is 0 Å². The van der Waals surface area contributed by atoms with E-state index in [9.17, 15) is 0 Å². The monoisotopic (exact) mass is 639 g/mol. The molecule has 3 rings (SSSR count). The van der Waals surface area contributed by atoms with E-state index in [1.807, 2.05) is 6.92 Å². The van der Waals surface area contributed by atoms with Crippen LogP contribution in [0.4, 0.5) is 5.95 Å². The molecule has 0 saturated heterocycles. The summed E-state index contributed by atoms with van der Waals surface area (Å²) in [5.41, 5.74) is 4.50. The lowest BCUT2D eigenvalue weighted by molar-refractivity contribution is 0.186. The molecule has 208 valence electrons. The third kappa shape index (κ3) is 25.6. The fourth-order valence-electron chi connectivity index (χ4n) is 1.28. The summed E-state index contributed by atoms with van der Waals surface area (Å²) in [4.78, 5) is 32.8. The van der Waals surface area contributed by atoms with Crippen molar-refractivity contribution in [2.45, 2.75) is 20.8 Å². The molecule has 0 radical (unpaired) electrons. The van der Waals surface area contributed by atoms with Gasteiger partial charge in [-0.1, -0.05) is 6.08 Å². The lowest BCUT2D eigenvalue weighted by atomic mass is 10.7. The second kappa shape index (κ2) is 25.8. The van der Waals surface area contributed by atoms with Gasteiger partial charge in [0.25, 0.3) is 0 Å². The van der Waals surface area contributed by atoms with Gasteiger partial charge in [0, 0.05) is 7.05 Å². The van der Waals surface area contributed by atoms with Crippen molar-refractivity contribution >= 4 is 75.6 Å². The first-order valence-corrected chi connectivity index (χ1v) is 11.9. The molecule has 37 heavy (non-hydrogen) atoms. The molecule has 13 nitrogen and oxygen atoms in total. The van der Waals surface area contributed by atoms with Crippen molar-refractivity contribution in [3.05, 3.63) is 56.0 Å². The SMILES string of the molecule is C=CC.CN.CNc1nc(C)nc(Cl)n1.Cc1nc(Cl)nc(Cl)n1.Clc1nc(Cl)nc(Cl)n1.OCCO. The average molecular weight is 642 g/mol. The highest BCUT2D eigenvalue weighted by atomic mass is 35.5. The molecule has 3 aromatic heterocycles. The Morgan fingerprint density at radius 1 is 0.649 bits per heavy atom. The van der Waals surface area contributed by atoms with Gasteiger partial charge in [-0.05, 0) is 97.4 Å². The topological polar surface area (TPSA) is 195 Å². The van der Waals surface area contributed by atoms with E-state index in [1.165, 1.54) is 7.05 Å². The number of anilines is 1. The Hall–Kier alpha value is -1.81. The van der Waals surface area contributed by atoms with Gasteiger partial charge in [0.15, 0.2) is 0 Å². The summed E-state index contributed by atoms with van der Waals surface area (Å²) >= 11 is 32.3. The van der Waals surface area contributed by atoms with Crippen LogP contribution >= 0.6 is 69.6 Å². The predicted molar refractivity (Wildman–Crippen MR) is 149 cm³/mol. The van der Waals surface area contributed by atoms with E-state index in [-0.39, 0.29) is 44.9 Å². The van der Waals surface area contributed by atoms with Gasteiger partial charge in [-0.3, -0.25) is 0 Å². The van der Waals surface area contributed by atoms with Crippen LogP contribution in [0.15, 0.2) is 12.7 Å². The quantitative estimate of drug-likeness (QED) is 0.294. The molecule has 0 aliphatic carbocycles.